The Morgan fingerprint density at radius 3 is 2.78 bits per heavy atom. The molecule has 0 saturated carbocycles. The van der Waals surface area contributed by atoms with Gasteiger partial charge in [-0.25, -0.2) is 0 Å². The number of carbonyl (C=O) groups excluding carboxylic acids is 1. The summed E-state index contributed by atoms with van der Waals surface area (Å²) in [5, 5.41) is 4.26. The van der Waals surface area contributed by atoms with Gasteiger partial charge >= 0.3 is 0 Å². The number of anilines is 1. The number of nitrogens with one attached hydrogen (secondary N) is 2. The molecule has 23 heavy (non-hydrogen) atoms. The smallest absolute Gasteiger partial charge is 0.273 e. The topological polar surface area (TPSA) is 54.1 Å². The number of halogens is 2. The molecule has 0 fully saturated rings. The largest absolute Gasteiger partial charge is 0.490 e. The van der Waals surface area contributed by atoms with Crippen molar-refractivity contribution in [3.8, 4) is 5.75 Å². The molecule has 6 heteroatoms. The third-order valence-electron chi connectivity index (χ3n) is 3.37. The van der Waals surface area contributed by atoms with Crippen LogP contribution < -0.4 is 10.1 Å². The lowest BCUT2D eigenvalue weighted by atomic mass is 10.2. The number of fused-ring (bicyclic) bond motifs is 1. The highest BCUT2D eigenvalue weighted by molar-refractivity contribution is 9.10. The summed E-state index contributed by atoms with van der Waals surface area (Å²) in [4.78, 5) is 15.7. The minimum Gasteiger partial charge on any atom is -0.490 e. The van der Waals surface area contributed by atoms with Crippen LogP contribution in [0.4, 0.5) is 5.69 Å². The molecule has 0 atom stereocenters. The zero-order valence-corrected chi connectivity index (χ0v) is 14.7. The second kappa shape index (κ2) is 6.64. The van der Waals surface area contributed by atoms with Gasteiger partial charge in [0.05, 0.1) is 21.8 Å². The fourth-order valence-electron chi connectivity index (χ4n) is 2.35. The molecule has 1 aromatic heterocycles. The van der Waals surface area contributed by atoms with Gasteiger partial charge in [-0.3, -0.25) is 4.79 Å². The first-order valence-corrected chi connectivity index (χ1v) is 8.27. The molecular formula is C17H14BrClN2O2. The van der Waals surface area contributed by atoms with Crippen LogP contribution in [0.25, 0.3) is 10.9 Å². The van der Waals surface area contributed by atoms with Crippen LogP contribution in [0.3, 0.4) is 0 Å². The Kier molecular flexibility index (Phi) is 4.59. The predicted octanol–water partition coefficient (Wildman–Crippen LogP) is 5.23. The number of aromatic amines is 1. The maximum Gasteiger partial charge on any atom is 0.273 e. The Morgan fingerprint density at radius 2 is 2.04 bits per heavy atom. The summed E-state index contributed by atoms with van der Waals surface area (Å²) in [5.41, 5.74) is 1.88. The zero-order valence-electron chi connectivity index (χ0n) is 12.3. The second-order valence-electron chi connectivity index (χ2n) is 4.86. The van der Waals surface area contributed by atoms with Crippen LogP contribution in [0, 0.1) is 0 Å². The molecule has 1 amide bonds. The fraction of sp³-hybridized carbons (Fsp3) is 0.118. The van der Waals surface area contributed by atoms with Crippen molar-refractivity contribution in [2.45, 2.75) is 6.92 Å². The van der Waals surface area contributed by atoms with Gasteiger partial charge in [0, 0.05) is 10.9 Å². The van der Waals surface area contributed by atoms with Crippen LogP contribution in [-0.4, -0.2) is 17.5 Å². The Labute approximate surface area is 146 Å². The Hall–Kier alpha value is -1.98. The lowest BCUT2D eigenvalue weighted by molar-refractivity contribution is 0.102. The number of H-pyrrole nitrogens is 1. The molecule has 0 saturated heterocycles. The summed E-state index contributed by atoms with van der Waals surface area (Å²) < 4.78 is 6.25. The average molecular weight is 394 g/mol. The fourth-order valence-corrected chi connectivity index (χ4v) is 3.20. The number of aromatic nitrogens is 1. The SMILES string of the molecule is CCOc1c(Cl)cccc1NC(=O)c1[nH]c2ccccc2c1Br. The molecule has 2 aromatic carbocycles. The van der Waals surface area contributed by atoms with Crippen molar-refractivity contribution in [2.75, 3.05) is 11.9 Å². The molecule has 118 valence electrons. The van der Waals surface area contributed by atoms with Crippen LogP contribution in [0.5, 0.6) is 5.75 Å². The molecule has 0 unspecified atom stereocenters. The molecule has 0 bridgehead atoms. The van der Waals surface area contributed by atoms with E-state index in [0.717, 1.165) is 15.4 Å². The second-order valence-corrected chi connectivity index (χ2v) is 6.06. The van der Waals surface area contributed by atoms with E-state index in [2.05, 4.69) is 26.2 Å². The van der Waals surface area contributed by atoms with Crippen molar-refractivity contribution in [1.82, 2.24) is 4.98 Å². The normalized spacial score (nSPS) is 10.7. The lowest BCUT2D eigenvalue weighted by Crippen LogP contribution is -2.14. The van der Waals surface area contributed by atoms with E-state index in [9.17, 15) is 4.79 Å². The van der Waals surface area contributed by atoms with E-state index in [4.69, 9.17) is 16.3 Å². The predicted molar refractivity (Wildman–Crippen MR) is 96.6 cm³/mol. The maximum absolute atomic E-state index is 12.6. The first kappa shape index (κ1) is 15.9. The molecule has 3 aromatic rings. The van der Waals surface area contributed by atoms with Crippen LogP contribution in [0.1, 0.15) is 17.4 Å². The molecule has 0 spiro atoms. The van der Waals surface area contributed by atoms with Gasteiger partial charge in [-0.1, -0.05) is 35.9 Å². The molecule has 0 aliphatic carbocycles. The van der Waals surface area contributed by atoms with Crippen molar-refractivity contribution in [1.29, 1.82) is 0 Å². The van der Waals surface area contributed by atoms with E-state index < -0.39 is 0 Å². The Bertz CT molecular complexity index is 876. The molecule has 1 heterocycles. The van der Waals surface area contributed by atoms with Crippen molar-refractivity contribution in [3.63, 3.8) is 0 Å². The van der Waals surface area contributed by atoms with Gasteiger partial charge < -0.3 is 15.0 Å². The van der Waals surface area contributed by atoms with Crippen molar-refractivity contribution in [2.24, 2.45) is 0 Å². The molecular weight excluding hydrogens is 380 g/mol. The average Bonchev–Trinajstić information content (AvgIpc) is 2.88. The van der Waals surface area contributed by atoms with Crippen LogP contribution in [0.15, 0.2) is 46.9 Å². The van der Waals surface area contributed by atoms with E-state index in [1.807, 2.05) is 31.2 Å². The van der Waals surface area contributed by atoms with Crippen molar-refractivity contribution < 1.29 is 9.53 Å². The number of carbonyl (C=O) groups is 1. The number of para-hydroxylation sites is 2. The highest BCUT2D eigenvalue weighted by Gasteiger charge is 2.18. The summed E-state index contributed by atoms with van der Waals surface area (Å²) >= 11 is 9.62. The first-order valence-electron chi connectivity index (χ1n) is 7.10. The number of ether oxygens (including phenoxy) is 1. The maximum atomic E-state index is 12.6. The number of benzene rings is 2. The minimum absolute atomic E-state index is 0.267. The quantitative estimate of drug-likeness (QED) is 0.637. The summed E-state index contributed by atoms with van der Waals surface area (Å²) in [6, 6.07) is 12.9. The number of amides is 1. The van der Waals surface area contributed by atoms with Gasteiger partial charge in [-0.15, -0.1) is 0 Å². The van der Waals surface area contributed by atoms with E-state index in [-0.39, 0.29) is 5.91 Å². The minimum atomic E-state index is -0.267. The van der Waals surface area contributed by atoms with Gasteiger partial charge in [0.1, 0.15) is 5.69 Å². The molecule has 2 N–H and O–H groups in total. The Morgan fingerprint density at radius 1 is 1.26 bits per heavy atom. The van der Waals surface area contributed by atoms with Crippen molar-refractivity contribution in [3.05, 3.63) is 57.7 Å². The summed E-state index contributed by atoms with van der Waals surface area (Å²) in [6.45, 7) is 2.33. The molecule has 0 radical (unpaired) electrons. The van der Waals surface area contributed by atoms with Gasteiger partial charge in [0.15, 0.2) is 5.75 Å². The van der Waals surface area contributed by atoms with Gasteiger partial charge in [0.25, 0.3) is 5.91 Å². The number of hydrogen-bond acceptors (Lipinski definition) is 2. The van der Waals surface area contributed by atoms with Gasteiger partial charge in [-0.2, -0.15) is 0 Å². The number of hydrogen-bond donors (Lipinski definition) is 2. The Balaban J connectivity index is 1.95. The summed E-state index contributed by atoms with van der Waals surface area (Å²) in [7, 11) is 0. The molecule has 4 nitrogen and oxygen atoms in total. The highest BCUT2D eigenvalue weighted by atomic mass is 79.9. The zero-order chi connectivity index (χ0) is 16.4. The van der Waals surface area contributed by atoms with Crippen LogP contribution >= 0.6 is 27.5 Å². The third-order valence-corrected chi connectivity index (χ3v) is 4.49. The van der Waals surface area contributed by atoms with Crippen molar-refractivity contribution >= 4 is 50.0 Å². The molecule has 0 aliphatic rings. The van der Waals surface area contributed by atoms with Crippen LogP contribution in [0.2, 0.25) is 5.02 Å². The molecule has 0 aliphatic heterocycles. The van der Waals surface area contributed by atoms with E-state index in [1.165, 1.54) is 0 Å². The van der Waals surface area contributed by atoms with Gasteiger partial charge in [-0.05, 0) is 41.1 Å². The standard InChI is InChI=1S/C17H14BrClN2O2/c1-2-23-16-11(19)7-5-9-13(16)21-17(22)15-14(18)10-6-3-4-8-12(10)20-15/h3-9,20H,2H2,1H3,(H,21,22). The molecule has 3 rings (SSSR count). The first-order chi connectivity index (χ1) is 11.1. The van der Waals surface area contributed by atoms with E-state index in [1.54, 1.807) is 18.2 Å². The monoisotopic (exact) mass is 392 g/mol. The lowest BCUT2D eigenvalue weighted by Gasteiger charge is -2.12. The van der Waals surface area contributed by atoms with Crippen LogP contribution in [-0.2, 0) is 0 Å². The van der Waals surface area contributed by atoms with E-state index >= 15 is 0 Å². The number of rotatable bonds is 4. The third kappa shape index (κ3) is 3.07. The van der Waals surface area contributed by atoms with E-state index in [0.29, 0.717) is 28.8 Å². The van der Waals surface area contributed by atoms with Gasteiger partial charge in [0.2, 0.25) is 0 Å². The highest BCUT2D eigenvalue weighted by Crippen LogP contribution is 2.34. The summed E-state index contributed by atoms with van der Waals surface area (Å²) in [6.07, 6.45) is 0. The summed E-state index contributed by atoms with van der Waals surface area (Å²) in [5.74, 6) is 0.202.